The lowest BCUT2D eigenvalue weighted by Crippen LogP contribution is -2.07. The Morgan fingerprint density at radius 3 is 2.67 bits per heavy atom. The molecule has 0 N–H and O–H groups in total. The molecule has 0 aliphatic rings. The molecule has 0 aliphatic carbocycles. The summed E-state index contributed by atoms with van der Waals surface area (Å²) < 4.78 is 5.38. The van der Waals surface area contributed by atoms with E-state index in [2.05, 4.69) is 18.8 Å². The molecule has 0 aromatic carbocycles. The molecular formula is C11H17NO2S. The summed E-state index contributed by atoms with van der Waals surface area (Å²) in [6.45, 7) is 7.94. The molecule has 4 heteroatoms. The topological polar surface area (TPSA) is 43.1 Å². The molecule has 1 rings (SSSR count). The number of ketones is 1. The van der Waals surface area contributed by atoms with Crippen LogP contribution in [0.25, 0.3) is 0 Å². The molecule has 0 unspecified atom stereocenters. The van der Waals surface area contributed by atoms with E-state index in [0.717, 1.165) is 11.5 Å². The molecule has 0 atom stereocenters. The number of nitrogens with zero attached hydrogens (tertiary/aromatic N) is 1. The largest absolute Gasteiger partial charge is 0.438 e. The van der Waals surface area contributed by atoms with Crippen molar-refractivity contribution in [3.8, 4) is 0 Å². The van der Waals surface area contributed by atoms with E-state index in [0.29, 0.717) is 5.25 Å². The third kappa shape index (κ3) is 3.70. The summed E-state index contributed by atoms with van der Waals surface area (Å²) in [6, 6.07) is 0. The Morgan fingerprint density at radius 1 is 1.47 bits per heavy atom. The highest BCUT2D eigenvalue weighted by Gasteiger charge is 2.16. The van der Waals surface area contributed by atoms with Crippen molar-refractivity contribution in [3.05, 3.63) is 17.8 Å². The first-order chi connectivity index (χ1) is 7.00. The predicted octanol–water partition coefficient (Wildman–Crippen LogP) is 3.15. The van der Waals surface area contributed by atoms with Gasteiger partial charge < -0.3 is 4.42 Å². The normalized spacial score (nSPS) is 11.3. The minimum Gasteiger partial charge on any atom is -0.438 e. The van der Waals surface area contributed by atoms with E-state index in [1.807, 2.05) is 13.8 Å². The first kappa shape index (κ1) is 12.3. The Bertz CT molecular complexity index is 331. The van der Waals surface area contributed by atoms with E-state index in [4.69, 9.17) is 4.42 Å². The fraction of sp³-hybridized carbons (Fsp3) is 0.636. The van der Waals surface area contributed by atoms with Crippen LogP contribution in [-0.2, 0) is 5.75 Å². The molecule has 0 bridgehead atoms. The van der Waals surface area contributed by atoms with Gasteiger partial charge in [-0.15, -0.1) is 0 Å². The molecule has 3 nitrogen and oxygen atoms in total. The predicted molar refractivity (Wildman–Crippen MR) is 62.1 cm³/mol. The van der Waals surface area contributed by atoms with E-state index in [9.17, 15) is 4.79 Å². The van der Waals surface area contributed by atoms with E-state index < -0.39 is 0 Å². The Kier molecular flexibility index (Phi) is 4.39. The van der Waals surface area contributed by atoms with Crippen LogP contribution in [0.15, 0.2) is 10.6 Å². The van der Waals surface area contributed by atoms with Crippen molar-refractivity contribution in [1.82, 2.24) is 4.98 Å². The van der Waals surface area contributed by atoms with Crippen LogP contribution in [0.5, 0.6) is 0 Å². The summed E-state index contributed by atoms with van der Waals surface area (Å²) in [7, 11) is 0. The maximum absolute atomic E-state index is 11.5. The molecule has 0 fully saturated rings. The molecule has 0 aliphatic heterocycles. The lowest BCUT2D eigenvalue weighted by atomic mass is 10.1. The molecule has 0 amide bonds. The van der Waals surface area contributed by atoms with Crippen molar-refractivity contribution in [2.24, 2.45) is 5.92 Å². The smallest absolute Gasteiger partial charge is 0.263 e. The van der Waals surface area contributed by atoms with E-state index in [1.165, 1.54) is 0 Å². The van der Waals surface area contributed by atoms with Crippen LogP contribution in [0, 0.1) is 5.92 Å². The molecule has 1 aromatic rings. The lowest BCUT2D eigenvalue weighted by molar-refractivity contribution is 0.0903. The van der Waals surface area contributed by atoms with Crippen molar-refractivity contribution >= 4 is 17.5 Å². The molecular weight excluding hydrogens is 210 g/mol. The number of Topliss-reactive ketones (excluding diaryl/α,β-unsaturated/α-hetero) is 1. The maximum atomic E-state index is 11.5. The Labute approximate surface area is 94.6 Å². The first-order valence-corrected chi connectivity index (χ1v) is 6.16. The minimum atomic E-state index is -0.0609. The van der Waals surface area contributed by atoms with Crippen LogP contribution in [0.1, 0.15) is 44.1 Å². The van der Waals surface area contributed by atoms with Gasteiger partial charge in [0.2, 0.25) is 5.78 Å². The first-order valence-electron chi connectivity index (χ1n) is 5.11. The van der Waals surface area contributed by atoms with Gasteiger partial charge in [0.1, 0.15) is 5.76 Å². The molecule has 15 heavy (non-hydrogen) atoms. The van der Waals surface area contributed by atoms with E-state index >= 15 is 0 Å². The molecule has 1 heterocycles. The Balaban J connectivity index is 2.60. The number of thioether (sulfide) groups is 1. The van der Waals surface area contributed by atoms with Gasteiger partial charge in [0.15, 0.2) is 0 Å². The molecule has 1 aromatic heterocycles. The summed E-state index contributed by atoms with van der Waals surface area (Å²) >= 11 is 1.77. The number of carbonyl (C=O) groups excluding carboxylic acids is 1. The number of oxazole rings is 1. The third-order valence-corrected chi connectivity index (χ3v) is 2.97. The Hall–Kier alpha value is -0.770. The van der Waals surface area contributed by atoms with Gasteiger partial charge in [-0.3, -0.25) is 4.79 Å². The summed E-state index contributed by atoms with van der Waals surface area (Å²) in [5.41, 5.74) is 0. The van der Waals surface area contributed by atoms with Crippen LogP contribution in [-0.4, -0.2) is 16.0 Å². The van der Waals surface area contributed by atoms with Crippen LogP contribution in [0.4, 0.5) is 0 Å². The number of hydrogen-bond acceptors (Lipinski definition) is 4. The minimum absolute atomic E-state index is 0.0317. The zero-order valence-electron chi connectivity index (χ0n) is 9.61. The highest BCUT2D eigenvalue weighted by molar-refractivity contribution is 7.99. The highest BCUT2D eigenvalue weighted by Crippen LogP contribution is 2.18. The molecule has 0 radical (unpaired) electrons. The zero-order valence-corrected chi connectivity index (χ0v) is 10.4. The second-order valence-electron chi connectivity index (χ2n) is 4.01. The van der Waals surface area contributed by atoms with E-state index in [-0.39, 0.29) is 17.6 Å². The second-order valence-corrected chi connectivity index (χ2v) is 5.58. The number of aromatic nitrogens is 1. The van der Waals surface area contributed by atoms with Crippen LogP contribution >= 0.6 is 11.8 Å². The van der Waals surface area contributed by atoms with Crippen molar-refractivity contribution in [2.45, 2.75) is 38.7 Å². The SMILES string of the molecule is CC(C)SCc1cnc(C(=O)C(C)C)o1. The van der Waals surface area contributed by atoms with Crippen LogP contribution in [0.3, 0.4) is 0 Å². The monoisotopic (exact) mass is 227 g/mol. The number of rotatable bonds is 5. The number of hydrogen-bond donors (Lipinski definition) is 0. The number of carbonyl (C=O) groups is 1. The second kappa shape index (κ2) is 5.35. The highest BCUT2D eigenvalue weighted by atomic mass is 32.2. The van der Waals surface area contributed by atoms with Gasteiger partial charge in [-0.2, -0.15) is 11.8 Å². The standard InChI is InChI=1S/C11H17NO2S/c1-7(2)10(13)11-12-5-9(14-11)6-15-8(3)4/h5,7-8H,6H2,1-4H3. The van der Waals surface area contributed by atoms with Crippen molar-refractivity contribution in [2.75, 3.05) is 0 Å². The average Bonchev–Trinajstić information content (AvgIpc) is 2.61. The summed E-state index contributed by atoms with van der Waals surface area (Å²) in [6.07, 6.45) is 1.64. The quantitative estimate of drug-likeness (QED) is 0.725. The maximum Gasteiger partial charge on any atom is 0.263 e. The van der Waals surface area contributed by atoms with Crippen LogP contribution < -0.4 is 0 Å². The van der Waals surface area contributed by atoms with Gasteiger partial charge in [-0.25, -0.2) is 4.98 Å². The fourth-order valence-electron chi connectivity index (χ4n) is 0.984. The molecule has 0 spiro atoms. The van der Waals surface area contributed by atoms with Crippen molar-refractivity contribution in [1.29, 1.82) is 0 Å². The van der Waals surface area contributed by atoms with Gasteiger partial charge in [-0.05, 0) is 5.25 Å². The van der Waals surface area contributed by atoms with Crippen LogP contribution in [0.2, 0.25) is 0 Å². The van der Waals surface area contributed by atoms with Gasteiger partial charge in [0, 0.05) is 5.92 Å². The summed E-state index contributed by atoms with van der Waals surface area (Å²) in [4.78, 5) is 15.5. The third-order valence-electron chi connectivity index (χ3n) is 1.85. The molecule has 84 valence electrons. The summed E-state index contributed by atoms with van der Waals surface area (Å²) in [5.74, 6) is 1.70. The fourth-order valence-corrected chi connectivity index (χ4v) is 1.61. The van der Waals surface area contributed by atoms with Crippen molar-refractivity contribution < 1.29 is 9.21 Å². The average molecular weight is 227 g/mol. The molecule has 0 saturated carbocycles. The zero-order chi connectivity index (χ0) is 11.4. The van der Waals surface area contributed by atoms with Crippen molar-refractivity contribution in [3.63, 3.8) is 0 Å². The Morgan fingerprint density at radius 2 is 2.13 bits per heavy atom. The summed E-state index contributed by atoms with van der Waals surface area (Å²) in [5, 5.41) is 0.555. The van der Waals surface area contributed by atoms with Gasteiger partial charge >= 0.3 is 0 Å². The lowest BCUT2D eigenvalue weighted by Gasteiger charge is -2.01. The van der Waals surface area contributed by atoms with E-state index in [1.54, 1.807) is 18.0 Å². The van der Waals surface area contributed by atoms with Gasteiger partial charge in [-0.1, -0.05) is 27.7 Å². The van der Waals surface area contributed by atoms with Gasteiger partial charge in [0.25, 0.3) is 5.89 Å². The molecule has 0 saturated heterocycles. The van der Waals surface area contributed by atoms with Gasteiger partial charge in [0.05, 0.1) is 11.9 Å².